The standard InChI is InChI=1S/C23H17N3O4S/c1-14-18(27)10-9-17-15(12-20(28)30-21(14)17)13-31-23-25-24-22(19-8-5-11-29-19)26(23)16-6-3-2-4-7-16/h2-12,27H,13H2,1H3. The van der Waals surface area contributed by atoms with Gasteiger partial charge in [0.25, 0.3) is 0 Å². The van der Waals surface area contributed by atoms with Gasteiger partial charge < -0.3 is 13.9 Å². The zero-order valence-corrected chi connectivity index (χ0v) is 17.3. The molecule has 0 aliphatic rings. The summed E-state index contributed by atoms with van der Waals surface area (Å²) >= 11 is 1.45. The maximum Gasteiger partial charge on any atom is 0.336 e. The van der Waals surface area contributed by atoms with Crippen LogP contribution in [0.5, 0.6) is 5.75 Å². The normalized spacial score (nSPS) is 11.3. The third kappa shape index (κ3) is 3.51. The minimum Gasteiger partial charge on any atom is -0.508 e. The maximum absolute atomic E-state index is 12.1. The number of para-hydroxylation sites is 1. The van der Waals surface area contributed by atoms with Gasteiger partial charge in [0.05, 0.1) is 6.26 Å². The van der Waals surface area contributed by atoms with Crippen LogP contribution >= 0.6 is 11.8 Å². The molecule has 0 saturated heterocycles. The predicted molar refractivity (Wildman–Crippen MR) is 118 cm³/mol. The highest BCUT2D eigenvalue weighted by molar-refractivity contribution is 7.98. The van der Waals surface area contributed by atoms with Crippen LogP contribution in [-0.4, -0.2) is 19.9 Å². The largest absolute Gasteiger partial charge is 0.508 e. The Kier molecular flexibility index (Phi) is 4.83. The first kappa shape index (κ1) is 19.2. The summed E-state index contributed by atoms with van der Waals surface area (Å²) in [6.07, 6.45) is 1.60. The van der Waals surface area contributed by atoms with E-state index < -0.39 is 5.63 Å². The molecule has 0 bridgehead atoms. The molecule has 0 fully saturated rings. The van der Waals surface area contributed by atoms with E-state index in [-0.39, 0.29) is 5.75 Å². The van der Waals surface area contributed by atoms with E-state index in [1.807, 2.05) is 41.0 Å². The molecule has 0 unspecified atom stereocenters. The third-order valence-electron chi connectivity index (χ3n) is 4.96. The number of hydrogen-bond acceptors (Lipinski definition) is 7. The Morgan fingerprint density at radius 1 is 1.06 bits per heavy atom. The van der Waals surface area contributed by atoms with Gasteiger partial charge in [-0.3, -0.25) is 4.57 Å². The van der Waals surface area contributed by atoms with E-state index in [4.69, 9.17) is 8.83 Å². The number of hydrogen-bond donors (Lipinski definition) is 1. The van der Waals surface area contributed by atoms with Gasteiger partial charge in [-0.05, 0) is 48.9 Å². The lowest BCUT2D eigenvalue weighted by Gasteiger charge is -2.10. The lowest BCUT2D eigenvalue weighted by atomic mass is 10.1. The van der Waals surface area contributed by atoms with Gasteiger partial charge in [-0.1, -0.05) is 30.0 Å². The Hall–Kier alpha value is -3.78. The van der Waals surface area contributed by atoms with E-state index in [1.165, 1.54) is 17.8 Å². The first-order valence-electron chi connectivity index (χ1n) is 9.54. The smallest absolute Gasteiger partial charge is 0.336 e. The van der Waals surface area contributed by atoms with Crippen molar-refractivity contribution in [2.24, 2.45) is 0 Å². The van der Waals surface area contributed by atoms with Crippen LogP contribution in [-0.2, 0) is 5.75 Å². The number of furan rings is 1. The van der Waals surface area contributed by atoms with Crippen molar-refractivity contribution in [2.75, 3.05) is 0 Å². The fourth-order valence-corrected chi connectivity index (χ4v) is 4.36. The van der Waals surface area contributed by atoms with Crippen molar-refractivity contribution in [1.29, 1.82) is 0 Å². The number of thioether (sulfide) groups is 1. The molecule has 0 aliphatic carbocycles. The summed E-state index contributed by atoms with van der Waals surface area (Å²) in [4.78, 5) is 12.1. The summed E-state index contributed by atoms with van der Waals surface area (Å²) in [7, 11) is 0. The lowest BCUT2D eigenvalue weighted by molar-refractivity contribution is 0.468. The minimum atomic E-state index is -0.461. The van der Waals surface area contributed by atoms with Gasteiger partial charge in [-0.2, -0.15) is 0 Å². The molecule has 0 radical (unpaired) electrons. The lowest BCUT2D eigenvalue weighted by Crippen LogP contribution is -2.02. The summed E-state index contributed by atoms with van der Waals surface area (Å²) in [6, 6.07) is 18.3. The van der Waals surface area contributed by atoms with E-state index in [0.717, 1.165) is 16.6 Å². The van der Waals surface area contributed by atoms with Crippen molar-refractivity contribution in [2.45, 2.75) is 17.8 Å². The van der Waals surface area contributed by atoms with Gasteiger partial charge >= 0.3 is 5.63 Å². The maximum atomic E-state index is 12.1. The molecule has 0 spiro atoms. The SMILES string of the molecule is Cc1c(O)ccc2c(CSc3nnc(-c4ccco4)n3-c3ccccc3)cc(=O)oc12. The summed E-state index contributed by atoms with van der Waals surface area (Å²) in [5, 5.41) is 20.1. The van der Waals surface area contributed by atoms with Gasteiger partial charge in [-0.15, -0.1) is 10.2 Å². The van der Waals surface area contributed by atoms with Crippen molar-refractivity contribution in [1.82, 2.24) is 14.8 Å². The number of phenols is 1. The predicted octanol–water partition coefficient (Wildman–Crippen LogP) is 4.94. The monoisotopic (exact) mass is 431 g/mol. The molecular weight excluding hydrogens is 414 g/mol. The minimum absolute atomic E-state index is 0.0902. The van der Waals surface area contributed by atoms with Gasteiger partial charge in [0.15, 0.2) is 10.9 Å². The topological polar surface area (TPSA) is 94.3 Å². The molecule has 3 heterocycles. The third-order valence-corrected chi connectivity index (χ3v) is 5.94. The van der Waals surface area contributed by atoms with E-state index >= 15 is 0 Å². The van der Waals surface area contributed by atoms with E-state index in [0.29, 0.717) is 33.6 Å². The summed E-state index contributed by atoms with van der Waals surface area (Å²) < 4.78 is 12.8. The molecule has 8 heteroatoms. The molecule has 154 valence electrons. The quantitative estimate of drug-likeness (QED) is 0.311. The second-order valence-electron chi connectivity index (χ2n) is 6.92. The van der Waals surface area contributed by atoms with Crippen LogP contribution in [0.2, 0.25) is 0 Å². The Balaban J connectivity index is 1.57. The number of aromatic hydroxyl groups is 1. The Bertz CT molecular complexity index is 1420. The molecule has 5 aromatic rings. The van der Waals surface area contributed by atoms with Crippen molar-refractivity contribution in [3.63, 3.8) is 0 Å². The number of benzene rings is 2. The van der Waals surface area contributed by atoms with E-state index in [1.54, 1.807) is 31.4 Å². The van der Waals surface area contributed by atoms with E-state index in [2.05, 4.69) is 10.2 Å². The first-order chi connectivity index (χ1) is 15.1. The Labute approximate surface area is 181 Å². The molecule has 1 N–H and O–H groups in total. The molecule has 0 aliphatic heterocycles. The number of fused-ring (bicyclic) bond motifs is 1. The highest BCUT2D eigenvalue weighted by Gasteiger charge is 2.19. The number of rotatable bonds is 5. The molecule has 2 aromatic carbocycles. The fraction of sp³-hybridized carbons (Fsp3) is 0.0870. The van der Waals surface area contributed by atoms with E-state index in [9.17, 15) is 9.90 Å². The molecule has 5 rings (SSSR count). The summed E-state index contributed by atoms with van der Waals surface area (Å²) in [5.74, 6) is 1.76. The van der Waals surface area contributed by atoms with Gasteiger partial charge in [-0.25, -0.2) is 4.79 Å². The molecule has 31 heavy (non-hydrogen) atoms. The first-order valence-corrected chi connectivity index (χ1v) is 10.5. The van der Waals surface area contributed by atoms with Crippen LogP contribution in [0.25, 0.3) is 28.2 Å². The Morgan fingerprint density at radius 2 is 1.90 bits per heavy atom. The van der Waals surface area contributed by atoms with Crippen LogP contribution in [0, 0.1) is 6.92 Å². The number of aromatic nitrogens is 3. The van der Waals surface area contributed by atoms with Crippen LogP contribution in [0.15, 0.2) is 85.7 Å². The highest BCUT2D eigenvalue weighted by Crippen LogP contribution is 2.33. The second-order valence-corrected chi connectivity index (χ2v) is 7.86. The molecule has 0 atom stereocenters. The average Bonchev–Trinajstić information content (AvgIpc) is 3.45. The van der Waals surface area contributed by atoms with Gasteiger partial charge in [0, 0.05) is 28.5 Å². The van der Waals surface area contributed by atoms with Crippen molar-refractivity contribution < 1.29 is 13.9 Å². The molecule has 7 nitrogen and oxygen atoms in total. The zero-order chi connectivity index (χ0) is 21.4. The number of aryl methyl sites for hydroxylation is 1. The molecule has 0 amide bonds. The van der Waals surface area contributed by atoms with Crippen LogP contribution in [0.4, 0.5) is 0 Å². The fourth-order valence-electron chi connectivity index (χ4n) is 3.42. The van der Waals surface area contributed by atoms with Crippen molar-refractivity contribution in [3.8, 4) is 23.0 Å². The summed E-state index contributed by atoms with van der Waals surface area (Å²) in [5.41, 5.74) is 2.16. The Morgan fingerprint density at radius 3 is 2.68 bits per heavy atom. The highest BCUT2D eigenvalue weighted by atomic mass is 32.2. The van der Waals surface area contributed by atoms with Gasteiger partial charge in [0.1, 0.15) is 11.3 Å². The summed E-state index contributed by atoms with van der Waals surface area (Å²) in [6.45, 7) is 1.72. The number of nitrogens with zero attached hydrogens (tertiary/aromatic N) is 3. The molecule has 3 aromatic heterocycles. The second kappa shape index (κ2) is 7.81. The molecular formula is C23H17N3O4S. The van der Waals surface area contributed by atoms with Gasteiger partial charge in [0.2, 0.25) is 5.82 Å². The van der Waals surface area contributed by atoms with Crippen LogP contribution < -0.4 is 5.63 Å². The zero-order valence-electron chi connectivity index (χ0n) is 16.5. The number of phenolic OH excluding ortho intramolecular Hbond substituents is 1. The van der Waals surface area contributed by atoms with Crippen LogP contribution in [0.3, 0.4) is 0 Å². The molecule has 0 saturated carbocycles. The van der Waals surface area contributed by atoms with Crippen molar-refractivity contribution >= 4 is 22.7 Å². The van der Waals surface area contributed by atoms with Crippen LogP contribution in [0.1, 0.15) is 11.1 Å². The average molecular weight is 431 g/mol. The van der Waals surface area contributed by atoms with Crippen molar-refractivity contribution in [3.05, 3.63) is 88.5 Å².